The van der Waals surface area contributed by atoms with Gasteiger partial charge in [-0.2, -0.15) is 0 Å². The Labute approximate surface area is 91.3 Å². The van der Waals surface area contributed by atoms with Crippen molar-refractivity contribution in [3.05, 3.63) is 0 Å². The third-order valence-corrected chi connectivity index (χ3v) is 2.62. The maximum absolute atomic E-state index is 11.0. The van der Waals surface area contributed by atoms with Gasteiger partial charge in [-0.1, -0.05) is 19.8 Å². The number of aliphatic carboxylic acids is 1. The average molecular weight is 235 g/mol. The van der Waals surface area contributed by atoms with Gasteiger partial charge in [0, 0.05) is 0 Å². The summed E-state index contributed by atoms with van der Waals surface area (Å²) in [5.74, 6) is -1.53. The van der Waals surface area contributed by atoms with Crippen molar-refractivity contribution < 1.29 is 19.0 Å². The largest absolute Gasteiger partial charge is 0.481 e. The summed E-state index contributed by atoms with van der Waals surface area (Å²) in [5, 5.41) is 9.00. The Balaban J connectivity index is 4.36. The number of nitrogens with two attached hydrogens (primary N) is 1. The molecule has 0 radical (unpaired) electrons. The fourth-order valence-electron chi connectivity index (χ4n) is 1.44. The fraction of sp³-hybridized carbons (Fsp3) is 0.889. The van der Waals surface area contributed by atoms with E-state index in [2.05, 4.69) is 0 Å². The summed E-state index contributed by atoms with van der Waals surface area (Å²) >= 11 is 0. The number of rotatable bonds is 9. The van der Waals surface area contributed by atoms with Crippen LogP contribution in [0.5, 0.6) is 0 Å². The third kappa shape index (κ3) is 5.82. The number of carboxylic acids is 1. The van der Waals surface area contributed by atoms with Crippen LogP contribution in [0.1, 0.15) is 32.6 Å². The first-order chi connectivity index (χ1) is 7.17. The van der Waals surface area contributed by atoms with Crippen LogP contribution in [-0.4, -0.2) is 23.7 Å². The summed E-state index contributed by atoms with van der Waals surface area (Å²) in [6, 6.07) is 0. The van der Waals surface area contributed by atoms with E-state index in [4.69, 9.17) is 15.4 Å². The molecule has 0 aromatic heterocycles. The molecule has 0 spiro atoms. The van der Waals surface area contributed by atoms with Gasteiger partial charge in [0.05, 0.1) is 12.0 Å². The normalized spacial score (nSPS) is 15.1. The molecule has 0 fully saturated rings. The molecule has 0 rings (SSSR count). The van der Waals surface area contributed by atoms with Crippen molar-refractivity contribution in [3.63, 3.8) is 0 Å². The Kier molecular flexibility index (Phi) is 8.47. The van der Waals surface area contributed by atoms with Gasteiger partial charge >= 0.3 is 14.7 Å². The number of carboxylic acid groups (broad SMARTS) is 1. The van der Waals surface area contributed by atoms with Crippen molar-refractivity contribution in [1.29, 1.82) is 0 Å². The smallest absolute Gasteiger partial charge is 0.327 e. The number of hydrogen-bond donors (Lipinski definition) is 2. The van der Waals surface area contributed by atoms with E-state index in [-0.39, 0.29) is 0 Å². The lowest BCUT2D eigenvalue weighted by atomic mass is 9.94. The zero-order chi connectivity index (χ0) is 11.7. The average Bonchev–Trinajstić information content (AvgIpc) is 2.18. The quantitative estimate of drug-likeness (QED) is 0.595. The fourth-order valence-corrected chi connectivity index (χ4v) is 1.80. The van der Waals surface area contributed by atoms with E-state index in [0.29, 0.717) is 19.4 Å². The molecular formula is C9H18NO4P. The zero-order valence-electron chi connectivity index (χ0n) is 8.89. The van der Waals surface area contributed by atoms with Gasteiger partial charge in [-0.05, 0) is 19.4 Å². The topological polar surface area (TPSA) is 89.6 Å². The molecule has 6 heteroatoms. The third-order valence-electron chi connectivity index (χ3n) is 2.26. The van der Waals surface area contributed by atoms with Crippen LogP contribution in [-0.2, 0) is 13.9 Å². The lowest BCUT2D eigenvalue weighted by Gasteiger charge is -2.20. The minimum atomic E-state index is -0.912. The highest BCUT2D eigenvalue weighted by molar-refractivity contribution is 7.17. The first-order valence-corrected chi connectivity index (χ1v) is 5.81. The second-order valence-electron chi connectivity index (χ2n) is 3.38. The van der Waals surface area contributed by atoms with Crippen LogP contribution in [0.15, 0.2) is 0 Å². The van der Waals surface area contributed by atoms with Crippen LogP contribution in [0.4, 0.5) is 0 Å². The van der Waals surface area contributed by atoms with E-state index in [9.17, 15) is 9.36 Å². The van der Waals surface area contributed by atoms with Crippen molar-refractivity contribution >= 4 is 14.7 Å². The van der Waals surface area contributed by atoms with Crippen LogP contribution < -0.4 is 5.73 Å². The van der Waals surface area contributed by atoms with Crippen LogP contribution in [0.2, 0.25) is 0 Å². The van der Waals surface area contributed by atoms with Crippen molar-refractivity contribution in [2.24, 2.45) is 11.7 Å². The highest BCUT2D eigenvalue weighted by Crippen LogP contribution is 2.22. The highest BCUT2D eigenvalue weighted by atomic mass is 31.1. The predicted molar refractivity (Wildman–Crippen MR) is 56.8 cm³/mol. The van der Waals surface area contributed by atoms with Gasteiger partial charge in [0.1, 0.15) is 0 Å². The minimum Gasteiger partial charge on any atom is -0.481 e. The van der Waals surface area contributed by atoms with Gasteiger partial charge in [-0.3, -0.25) is 9.32 Å². The molecule has 2 unspecified atom stereocenters. The lowest BCUT2D eigenvalue weighted by Crippen LogP contribution is -2.30. The van der Waals surface area contributed by atoms with Crippen LogP contribution >= 0.6 is 8.69 Å². The first-order valence-electron chi connectivity index (χ1n) is 5.08. The number of carbonyl (C=O) groups is 1. The van der Waals surface area contributed by atoms with E-state index >= 15 is 0 Å². The molecule has 0 aromatic carbocycles. The molecule has 5 nitrogen and oxygen atoms in total. The van der Waals surface area contributed by atoms with E-state index in [1.165, 1.54) is 0 Å². The zero-order valence-corrected chi connectivity index (χ0v) is 9.78. The Hall–Kier alpha value is -0.510. The maximum atomic E-state index is 11.0. The predicted octanol–water partition coefficient (Wildman–Crippen LogP) is 1.82. The molecule has 0 bridgehead atoms. The summed E-state index contributed by atoms with van der Waals surface area (Å²) in [7, 11) is -0.485. The molecular weight excluding hydrogens is 217 g/mol. The molecule has 0 saturated heterocycles. The van der Waals surface area contributed by atoms with Gasteiger partial charge in [0.2, 0.25) is 0 Å². The second kappa shape index (κ2) is 8.77. The summed E-state index contributed by atoms with van der Waals surface area (Å²) in [6.45, 7) is 2.32. The van der Waals surface area contributed by atoms with Gasteiger partial charge in [-0.15, -0.1) is 0 Å². The maximum Gasteiger partial charge on any atom is 0.327 e. The molecule has 0 aromatic rings. The van der Waals surface area contributed by atoms with E-state index in [1.807, 2.05) is 6.92 Å². The Morgan fingerprint density at radius 2 is 2.20 bits per heavy atom. The molecule has 0 aliphatic carbocycles. The van der Waals surface area contributed by atoms with Crippen molar-refractivity contribution in [3.8, 4) is 0 Å². The summed E-state index contributed by atoms with van der Waals surface area (Å²) in [4.78, 5) is 11.0. The van der Waals surface area contributed by atoms with Crippen molar-refractivity contribution in [2.45, 2.75) is 38.7 Å². The van der Waals surface area contributed by atoms with Gasteiger partial charge < -0.3 is 10.8 Å². The first kappa shape index (κ1) is 14.5. The SMILES string of the molecule is CCCCC(C(=O)O)C(CCN)OP=O. The summed E-state index contributed by atoms with van der Waals surface area (Å²) in [5.41, 5.74) is 5.35. The molecule has 3 N–H and O–H groups in total. The summed E-state index contributed by atoms with van der Waals surface area (Å²) < 4.78 is 15.2. The molecule has 0 heterocycles. The van der Waals surface area contributed by atoms with Gasteiger partial charge in [-0.25, -0.2) is 4.57 Å². The van der Waals surface area contributed by atoms with Crippen LogP contribution in [0.25, 0.3) is 0 Å². The molecule has 88 valence electrons. The molecule has 2 atom stereocenters. The standard InChI is InChI=1S/C9H18NO4P/c1-2-3-4-7(9(11)12)8(5-6-10)14-15-13/h7-8H,2-6,10H2,1H3,(H,11,12). The minimum absolute atomic E-state index is 0.329. The van der Waals surface area contributed by atoms with E-state index in [0.717, 1.165) is 12.8 Å². The van der Waals surface area contributed by atoms with E-state index in [1.54, 1.807) is 0 Å². The van der Waals surface area contributed by atoms with E-state index < -0.39 is 26.7 Å². The van der Waals surface area contributed by atoms with Crippen LogP contribution in [0, 0.1) is 5.92 Å². The Bertz CT molecular complexity index is 201. The number of hydrogen-bond acceptors (Lipinski definition) is 4. The van der Waals surface area contributed by atoms with Gasteiger partial charge in [0.15, 0.2) is 0 Å². The van der Waals surface area contributed by atoms with Crippen LogP contribution in [0.3, 0.4) is 0 Å². The lowest BCUT2D eigenvalue weighted by molar-refractivity contribution is -0.145. The molecule has 15 heavy (non-hydrogen) atoms. The number of unbranched alkanes of at least 4 members (excludes halogenated alkanes) is 1. The molecule has 0 amide bonds. The molecule has 0 aliphatic heterocycles. The van der Waals surface area contributed by atoms with Gasteiger partial charge in [0.25, 0.3) is 0 Å². The summed E-state index contributed by atoms with van der Waals surface area (Å²) in [6.07, 6.45) is 2.13. The molecule has 0 saturated carbocycles. The molecule has 0 aliphatic rings. The highest BCUT2D eigenvalue weighted by Gasteiger charge is 2.28. The second-order valence-corrected chi connectivity index (χ2v) is 3.74. The Morgan fingerprint density at radius 3 is 2.60 bits per heavy atom. The van der Waals surface area contributed by atoms with Crippen molar-refractivity contribution in [2.75, 3.05) is 6.54 Å². The monoisotopic (exact) mass is 235 g/mol. The Morgan fingerprint density at radius 1 is 1.53 bits per heavy atom. The van der Waals surface area contributed by atoms with Crippen molar-refractivity contribution in [1.82, 2.24) is 0 Å².